The number of nitrogens with one attached hydrogen (secondary N) is 1. The molecule has 0 bridgehead atoms. The van der Waals surface area contributed by atoms with Gasteiger partial charge in [-0.2, -0.15) is 0 Å². The molecule has 0 fully saturated rings. The van der Waals surface area contributed by atoms with Gasteiger partial charge in [0.2, 0.25) is 0 Å². The topological polar surface area (TPSA) is 38.0 Å². The molecule has 104 valence electrons. The van der Waals surface area contributed by atoms with Crippen LogP contribution < -0.4 is 11.1 Å². The molecule has 20 heavy (non-hydrogen) atoms. The Morgan fingerprint density at radius 2 is 1.95 bits per heavy atom. The normalized spacial score (nSPS) is 21.5. The van der Waals surface area contributed by atoms with E-state index in [0.29, 0.717) is 6.04 Å². The molecule has 3 rings (SSSR count). The van der Waals surface area contributed by atoms with Crippen LogP contribution in [-0.4, -0.2) is 6.04 Å². The summed E-state index contributed by atoms with van der Waals surface area (Å²) in [6.45, 7) is 2.17. The molecule has 0 amide bonds. The van der Waals surface area contributed by atoms with Crippen LogP contribution >= 0.6 is 0 Å². The van der Waals surface area contributed by atoms with Crippen molar-refractivity contribution in [2.75, 3.05) is 5.73 Å². The largest absolute Gasteiger partial charge is 0.399 e. The molecule has 0 aromatic heterocycles. The van der Waals surface area contributed by atoms with E-state index in [2.05, 4.69) is 12.2 Å². The van der Waals surface area contributed by atoms with E-state index in [1.807, 2.05) is 30.3 Å². The van der Waals surface area contributed by atoms with Crippen LogP contribution in [0.3, 0.4) is 0 Å². The maximum absolute atomic E-state index is 13.6. The zero-order valence-corrected chi connectivity index (χ0v) is 11.6. The van der Waals surface area contributed by atoms with Crippen molar-refractivity contribution >= 4 is 5.69 Å². The fraction of sp³-hybridized carbons (Fsp3) is 0.294. The third kappa shape index (κ3) is 2.41. The van der Waals surface area contributed by atoms with Gasteiger partial charge in [0.15, 0.2) is 0 Å². The summed E-state index contributed by atoms with van der Waals surface area (Å²) >= 11 is 0. The number of hydrogen-bond donors (Lipinski definition) is 2. The van der Waals surface area contributed by atoms with Gasteiger partial charge < -0.3 is 11.1 Å². The van der Waals surface area contributed by atoms with Crippen LogP contribution in [0.2, 0.25) is 0 Å². The first-order valence-corrected chi connectivity index (χ1v) is 7.07. The van der Waals surface area contributed by atoms with Crippen molar-refractivity contribution in [2.45, 2.75) is 31.8 Å². The van der Waals surface area contributed by atoms with E-state index >= 15 is 0 Å². The van der Waals surface area contributed by atoms with Crippen LogP contribution in [0, 0.1) is 5.82 Å². The minimum atomic E-state index is -0.180. The standard InChI is InChI=1S/C17H19FN2/c1-2-15-9-12-3-6-13(18)10-16(12)17(20-15)11-4-7-14(19)8-5-11/h3-8,10,15,17,20H,2,9,19H2,1H3. The summed E-state index contributed by atoms with van der Waals surface area (Å²) in [6, 6.07) is 13.4. The third-order valence-electron chi connectivity index (χ3n) is 4.05. The first-order valence-electron chi connectivity index (χ1n) is 7.07. The lowest BCUT2D eigenvalue weighted by Gasteiger charge is -2.33. The van der Waals surface area contributed by atoms with Crippen molar-refractivity contribution in [3.63, 3.8) is 0 Å². The van der Waals surface area contributed by atoms with Crippen molar-refractivity contribution in [1.82, 2.24) is 5.32 Å². The molecule has 2 aromatic rings. The Labute approximate surface area is 118 Å². The summed E-state index contributed by atoms with van der Waals surface area (Å²) in [5.41, 5.74) is 9.90. The smallest absolute Gasteiger partial charge is 0.123 e. The Bertz CT molecular complexity index is 607. The highest BCUT2D eigenvalue weighted by Gasteiger charge is 2.26. The number of rotatable bonds is 2. The fourth-order valence-electron chi connectivity index (χ4n) is 2.90. The van der Waals surface area contributed by atoms with Gasteiger partial charge in [-0.15, -0.1) is 0 Å². The lowest BCUT2D eigenvalue weighted by Crippen LogP contribution is -2.39. The highest BCUT2D eigenvalue weighted by atomic mass is 19.1. The van der Waals surface area contributed by atoms with Gasteiger partial charge in [0.25, 0.3) is 0 Å². The van der Waals surface area contributed by atoms with Crippen LogP contribution in [0.25, 0.3) is 0 Å². The number of fused-ring (bicyclic) bond motifs is 1. The predicted molar refractivity (Wildman–Crippen MR) is 80.0 cm³/mol. The van der Waals surface area contributed by atoms with Crippen molar-refractivity contribution in [1.29, 1.82) is 0 Å². The number of halogens is 1. The first-order chi connectivity index (χ1) is 9.67. The molecule has 2 atom stereocenters. The van der Waals surface area contributed by atoms with Crippen molar-refractivity contribution < 1.29 is 4.39 Å². The third-order valence-corrected chi connectivity index (χ3v) is 4.05. The molecule has 2 nitrogen and oxygen atoms in total. The van der Waals surface area contributed by atoms with Crippen LogP contribution in [0.4, 0.5) is 10.1 Å². The van der Waals surface area contributed by atoms with Crippen LogP contribution in [0.5, 0.6) is 0 Å². The lowest BCUT2D eigenvalue weighted by atomic mass is 9.86. The van der Waals surface area contributed by atoms with E-state index in [4.69, 9.17) is 5.73 Å². The summed E-state index contributed by atoms with van der Waals surface area (Å²) in [6.07, 6.45) is 2.01. The Balaban J connectivity index is 2.05. The van der Waals surface area contributed by atoms with Gasteiger partial charge >= 0.3 is 0 Å². The van der Waals surface area contributed by atoms with Crippen LogP contribution in [-0.2, 0) is 6.42 Å². The Morgan fingerprint density at radius 3 is 2.65 bits per heavy atom. The van der Waals surface area contributed by atoms with Gasteiger partial charge in [0.1, 0.15) is 5.82 Å². The van der Waals surface area contributed by atoms with Gasteiger partial charge in [0.05, 0.1) is 6.04 Å². The zero-order valence-electron chi connectivity index (χ0n) is 11.6. The number of anilines is 1. The van der Waals surface area contributed by atoms with Crippen molar-refractivity contribution in [3.8, 4) is 0 Å². The SMILES string of the molecule is CCC1Cc2ccc(F)cc2C(c2ccc(N)cc2)N1. The molecule has 2 unspecified atom stereocenters. The maximum Gasteiger partial charge on any atom is 0.123 e. The number of benzene rings is 2. The fourth-order valence-corrected chi connectivity index (χ4v) is 2.90. The molecule has 0 saturated carbocycles. The highest BCUT2D eigenvalue weighted by molar-refractivity contribution is 5.45. The molecular formula is C17H19FN2. The molecule has 0 spiro atoms. The van der Waals surface area contributed by atoms with E-state index in [1.54, 1.807) is 12.1 Å². The molecule has 1 heterocycles. The van der Waals surface area contributed by atoms with Crippen molar-refractivity contribution in [2.24, 2.45) is 0 Å². The van der Waals surface area contributed by atoms with Crippen LogP contribution in [0.15, 0.2) is 42.5 Å². The maximum atomic E-state index is 13.6. The molecule has 0 saturated heterocycles. The molecule has 1 aliphatic rings. The van der Waals surface area contributed by atoms with Gasteiger partial charge in [-0.25, -0.2) is 4.39 Å². The molecule has 2 aromatic carbocycles. The van der Waals surface area contributed by atoms with E-state index < -0.39 is 0 Å². The van der Waals surface area contributed by atoms with E-state index in [1.165, 1.54) is 5.56 Å². The average molecular weight is 270 g/mol. The van der Waals surface area contributed by atoms with E-state index in [9.17, 15) is 4.39 Å². The average Bonchev–Trinajstić information content (AvgIpc) is 2.47. The van der Waals surface area contributed by atoms with Gasteiger partial charge in [0, 0.05) is 11.7 Å². The molecule has 0 aliphatic carbocycles. The second-order valence-electron chi connectivity index (χ2n) is 5.42. The highest BCUT2D eigenvalue weighted by Crippen LogP contribution is 2.32. The Morgan fingerprint density at radius 1 is 1.20 bits per heavy atom. The Hall–Kier alpha value is -1.87. The molecule has 3 N–H and O–H groups in total. The van der Waals surface area contributed by atoms with E-state index in [0.717, 1.165) is 29.7 Å². The zero-order chi connectivity index (χ0) is 14.1. The summed E-state index contributed by atoms with van der Waals surface area (Å²) in [5, 5.41) is 3.61. The molecule has 0 radical (unpaired) electrons. The van der Waals surface area contributed by atoms with Crippen molar-refractivity contribution in [3.05, 3.63) is 65.0 Å². The van der Waals surface area contributed by atoms with Gasteiger partial charge in [-0.1, -0.05) is 25.1 Å². The second kappa shape index (κ2) is 5.25. The summed E-state index contributed by atoms with van der Waals surface area (Å²) in [7, 11) is 0. The van der Waals surface area contributed by atoms with Crippen LogP contribution in [0.1, 0.15) is 36.1 Å². The summed E-state index contributed by atoms with van der Waals surface area (Å²) < 4.78 is 13.6. The number of hydrogen-bond acceptors (Lipinski definition) is 2. The van der Waals surface area contributed by atoms with E-state index in [-0.39, 0.29) is 11.9 Å². The van der Waals surface area contributed by atoms with Gasteiger partial charge in [-0.05, 0) is 53.8 Å². The minimum Gasteiger partial charge on any atom is -0.399 e. The molecular weight excluding hydrogens is 251 g/mol. The number of nitrogens with two attached hydrogens (primary N) is 1. The second-order valence-corrected chi connectivity index (χ2v) is 5.42. The number of nitrogen functional groups attached to an aromatic ring is 1. The minimum absolute atomic E-state index is 0.0417. The lowest BCUT2D eigenvalue weighted by molar-refractivity contribution is 0.425. The quantitative estimate of drug-likeness (QED) is 0.821. The first kappa shape index (κ1) is 13.1. The molecule has 1 aliphatic heterocycles. The van der Waals surface area contributed by atoms with Gasteiger partial charge in [-0.3, -0.25) is 0 Å². The summed E-state index contributed by atoms with van der Waals surface area (Å²) in [4.78, 5) is 0. The predicted octanol–water partition coefficient (Wildman–Crippen LogP) is 3.42. The summed E-state index contributed by atoms with van der Waals surface area (Å²) in [5.74, 6) is -0.180. The molecule has 3 heteroatoms. The monoisotopic (exact) mass is 270 g/mol. The Kier molecular flexibility index (Phi) is 3.45.